The molecule has 0 aromatic rings. The summed E-state index contributed by atoms with van der Waals surface area (Å²) < 4.78 is 5.53. The minimum absolute atomic E-state index is 0.00341. The average Bonchev–Trinajstić information content (AvgIpc) is 2.38. The van der Waals surface area contributed by atoms with Crippen LogP contribution in [0.1, 0.15) is 27.2 Å². The van der Waals surface area contributed by atoms with Gasteiger partial charge in [0.1, 0.15) is 5.92 Å². The van der Waals surface area contributed by atoms with Crippen LogP contribution in [-0.4, -0.2) is 47.7 Å². The lowest BCUT2D eigenvalue weighted by molar-refractivity contribution is -0.142. The lowest BCUT2D eigenvalue weighted by atomic mass is 9.93. The number of amidine groups is 1. The standard InChI is InChI=1S/C12H23N3O3/c1-4-9-7-15(5-6-18-9)12(16)10(8(2)3)11(13)14-17/h8-10,17H,4-7H2,1-3H3,(H2,13,14). The van der Waals surface area contributed by atoms with Crippen LogP contribution in [0.25, 0.3) is 0 Å². The van der Waals surface area contributed by atoms with E-state index in [0.717, 1.165) is 6.42 Å². The minimum Gasteiger partial charge on any atom is -0.409 e. The lowest BCUT2D eigenvalue weighted by Crippen LogP contribution is -2.51. The molecule has 0 aromatic carbocycles. The lowest BCUT2D eigenvalue weighted by Gasteiger charge is -2.35. The van der Waals surface area contributed by atoms with Crippen molar-refractivity contribution in [3.8, 4) is 0 Å². The van der Waals surface area contributed by atoms with Gasteiger partial charge in [-0.3, -0.25) is 4.79 Å². The van der Waals surface area contributed by atoms with E-state index in [1.807, 2.05) is 20.8 Å². The molecule has 18 heavy (non-hydrogen) atoms. The van der Waals surface area contributed by atoms with Crippen molar-refractivity contribution in [2.24, 2.45) is 22.7 Å². The molecule has 1 saturated heterocycles. The highest BCUT2D eigenvalue weighted by atomic mass is 16.5. The summed E-state index contributed by atoms with van der Waals surface area (Å²) in [5, 5.41) is 11.7. The van der Waals surface area contributed by atoms with Gasteiger partial charge in [-0.2, -0.15) is 0 Å². The summed E-state index contributed by atoms with van der Waals surface area (Å²) in [4.78, 5) is 14.2. The second-order valence-corrected chi connectivity index (χ2v) is 4.93. The van der Waals surface area contributed by atoms with E-state index in [1.54, 1.807) is 4.90 Å². The van der Waals surface area contributed by atoms with Gasteiger partial charge in [0.2, 0.25) is 5.91 Å². The van der Waals surface area contributed by atoms with Crippen molar-refractivity contribution in [2.45, 2.75) is 33.3 Å². The fourth-order valence-electron chi connectivity index (χ4n) is 2.18. The SMILES string of the molecule is CCC1CN(C(=O)C(C(N)=NO)C(C)C)CCO1. The van der Waals surface area contributed by atoms with E-state index >= 15 is 0 Å². The predicted octanol–water partition coefficient (Wildman–Crippen LogP) is 0.642. The number of oxime groups is 1. The van der Waals surface area contributed by atoms with Crippen molar-refractivity contribution >= 4 is 11.7 Å². The van der Waals surface area contributed by atoms with Gasteiger partial charge in [-0.1, -0.05) is 25.9 Å². The van der Waals surface area contributed by atoms with Crippen LogP contribution in [0.15, 0.2) is 5.16 Å². The van der Waals surface area contributed by atoms with Crippen molar-refractivity contribution in [2.75, 3.05) is 19.7 Å². The van der Waals surface area contributed by atoms with E-state index in [4.69, 9.17) is 15.7 Å². The summed E-state index contributed by atoms with van der Waals surface area (Å²) in [6, 6.07) is 0. The minimum atomic E-state index is -0.564. The van der Waals surface area contributed by atoms with E-state index in [9.17, 15) is 4.79 Å². The number of hydrogen-bond acceptors (Lipinski definition) is 4. The molecule has 0 bridgehead atoms. The van der Waals surface area contributed by atoms with Gasteiger partial charge in [0, 0.05) is 13.1 Å². The van der Waals surface area contributed by atoms with Crippen LogP contribution in [0.5, 0.6) is 0 Å². The molecule has 3 N–H and O–H groups in total. The molecule has 1 rings (SSSR count). The Hall–Kier alpha value is -1.30. The summed E-state index contributed by atoms with van der Waals surface area (Å²) in [5.74, 6) is -0.668. The number of hydrogen-bond donors (Lipinski definition) is 2. The Bertz CT molecular complexity index is 318. The van der Waals surface area contributed by atoms with Gasteiger partial charge in [0.05, 0.1) is 12.7 Å². The number of rotatable bonds is 4. The monoisotopic (exact) mass is 257 g/mol. The van der Waals surface area contributed by atoms with Crippen molar-refractivity contribution in [1.82, 2.24) is 4.90 Å². The highest BCUT2D eigenvalue weighted by molar-refractivity contribution is 6.02. The Morgan fingerprint density at radius 1 is 1.61 bits per heavy atom. The molecule has 0 spiro atoms. The molecule has 1 fully saturated rings. The van der Waals surface area contributed by atoms with Crippen LogP contribution in [-0.2, 0) is 9.53 Å². The predicted molar refractivity (Wildman–Crippen MR) is 68.3 cm³/mol. The zero-order valence-electron chi connectivity index (χ0n) is 11.3. The van der Waals surface area contributed by atoms with E-state index in [0.29, 0.717) is 19.7 Å². The normalized spacial score (nSPS) is 23.2. The first-order valence-corrected chi connectivity index (χ1v) is 6.39. The molecule has 6 heteroatoms. The largest absolute Gasteiger partial charge is 0.409 e. The van der Waals surface area contributed by atoms with Crippen LogP contribution in [0, 0.1) is 11.8 Å². The molecule has 2 unspecified atom stereocenters. The van der Waals surface area contributed by atoms with E-state index < -0.39 is 5.92 Å². The van der Waals surface area contributed by atoms with E-state index in [-0.39, 0.29) is 23.8 Å². The Morgan fingerprint density at radius 2 is 2.28 bits per heavy atom. The number of carbonyl (C=O) groups excluding carboxylic acids is 1. The van der Waals surface area contributed by atoms with Gasteiger partial charge in [-0.05, 0) is 12.3 Å². The van der Waals surface area contributed by atoms with Crippen LogP contribution < -0.4 is 5.73 Å². The molecule has 1 amide bonds. The summed E-state index contributed by atoms with van der Waals surface area (Å²) in [7, 11) is 0. The maximum Gasteiger partial charge on any atom is 0.233 e. The summed E-state index contributed by atoms with van der Waals surface area (Å²) in [5.41, 5.74) is 5.61. The number of carbonyl (C=O) groups is 1. The van der Waals surface area contributed by atoms with Crippen molar-refractivity contribution in [3.63, 3.8) is 0 Å². The van der Waals surface area contributed by atoms with Gasteiger partial charge >= 0.3 is 0 Å². The van der Waals surface area contributed by atoms with Crippen molar-refractivity contribution in [3.05, 3.63) is 0 Å². The zero-order valence-corrected chi connectivity index (χ0v) is 11.3. The first-order chi connectivity index (χ1) is 8.51. The van der Waals surface area contributed by atoms with E-state index in [1.165, 1.54) is 0 Å². The van der Waals surface area contributed by atoms with E-state index in [2.05, 4.69) is 5.16 Å². The summed E-state index contributed by atoms with van der Waals surface area (Å²) >= 11 is 0. The molecular weight excluding hydrogens is 234 g/mol. The maximum absolute atomic E-state index is 12.4. The van der Waals surface area contributed by atoms with Crippen LogP contribution in [0.3, 0.4) is 0 Å². The van der Waals surface area contributed by atoms with Gasteiger partial charge in [0.25, 0.3) is 0 Å². The van der Waals surface area contributed by atoms with Crippen LogP contribution in [0.4, 0.5) is 0 Å². The highest BCUT2D eigenvalue weighted by Crippen LogP contribution is 2.18. The van der Waals surface area contributed by atoms with Crippen molar-refractivity contribution < 1.29 is 14.7 Å². The summed E-state index contributed by atoms with van der Waals surface area (Å²) in [6.07, 6.45) is 0.961. The second kappa shape index (κ2) is 6.58. The number of nitrogens with zero attached hydrogens (tertiary/aromatic N) is 2. The van der Waals surface area contributed by atoms with Crippen LogP contribution in [0.2, 0.25) is 0 Å². The van der Waals surface area contributed by atoms with Gasteiger partial charge in [0.15, 0.2) is 5.84 Å². The average molecular weight is 257 g/mol. The smallest absolute Gasteiger partial charge is 0.233 e. The third-order valence-electron chi connectivity index (χ3n) is 3.27. The molecular formula is C12H23N3O3. The third kappa shape index (κ3) is 3.35. The molecule has 0 aliphatic carbocycles. The fraction of sp³-hybridized carbons (Fsp3) is 0.833. The molecule has 1 heterocycles. The Labute approximate surface area is 108 Å². The molecule has 104 valence electrons. The van der Waals surface area contributed by atoms with Crippen molar-refractivity contribution in [1.29, 1.82) is 0 Å². The fourth-order valence-corrected chi connectivity index (χ4v) is 2.18. The second-order valence-electron chi connectivity index (χ2n) is 4.93. The number of ether oxygens (including phenoxy) is 1. The number of amides is 1. The Morgan fingerprint density at radius 3 is 2.78 bits per heavy atom. The molecule has 0 aromatic heterocycles. The van der Waals surface area contributed by atoms with Gasteiger partial charge in [-0.15, -0.1) is 0 Å². The molecule has 0 saturated carbocycles. The molecule has 2 atom stereocenters. The zero-order chi connectivity index (χ0) is 13.7. The molecule has 1 aliphatic heterocycles. The van der Waals surface area contributed by atoms with Crippen LogP contribution >= 0.6 is 0 Å². The van der Waals surface area contributed by atoms with Gasteiger partial charge in [-0.25, -0.2) is 0 Å². The third-order valence-corrected chi connectivity index (χ3v) is 3.27. The molecule has 0 radical (unpaired) electrons. The Balaban J connectivity index is 2.77. The Kier molecular flexibility index (Phi) is 5.40. The highest BCUT2D eigenvalue weighted by Gasteiger charge is 2.33. The first kappa shape index (κ1) is 14.8. The maximum atomic E-state index is 12.4. The number of nitrogens with two attached hydrogens (primary N) is 1. The first-order valence-electron chi connectivity index (χ1n) is 6.39. The molecule has 6 nitrogen and oxygen atoms in total. The number of morpholine rings is 1. The topological polar surface area (TPSA) is 88.2 Å². The molecule has 1 aliphatic rings. The summed E-state index contributed by atoms with van der Waals surface area (Å²) in [6.45, 7) is 7.50. The quantitative estimate of drug-likeness (QED) is 0.335. The van der Waals surface area contributed by atoms with Gasteiger partial charge < -0.3 is 20.6 Å².